The van der Waals surface area contributed by atoms with E-state index in [-0.39, 0.29) is 5.02 Å². The van der Waals surface area contributed by atoms with Crippen molar-refractivity contribution < 1.29 is 13.2 Å². The Hall–Kier alpha value is -2.15. The monoisotopic (exact) mass is 410 g/mol. The van der Waals surface area contributed by atoms with Crippen molar-refractivity contribution in [3.8, 4) is 0 Å². The molecule has 2 heterocycles. The second-order valence-corrected chi connectivity index (χ2v) is 7.66. The highest BCUT2D eigenvalue weighted by Gasteiger charge is 2.40. The molecule has 0 radical (unpaired) electrons. The summed E-state index contributed by atoms with van der Waals surface area (Å²) in [6.07, 6.45) is 2.59. The Balaban J connectivity index is 1.78. The summed E-state index contributed by atoms with van der Waals surface area (Å²) in [5.74, 6) is 1.52. The number of hydrazine groups is 1. The highest BCUT2D eigenvalue weighted by Crippen LogP contribution is 2.44. The molecule has 8 heteroatoms. The van der Waals surface area contributed by atoms with E-state index in [4.69, 9.17) is 11.6 Å². The third-order valence-corrected chi connectivity index (χ3v) is 5.78. The van der Waals surface area contributed by atoms with Crippen LogP contribution in [0.25, 0.3) is 5.57 Å². The lowest BCUT2D eigenvalue weighted by Gasteiger charge is -2.43. The molecular formula is C20H22ClF3N4. The van der Waals surface area contributed by atoms with Crippen molar-refractivity contribution in [3.05, 3.63) is 52.6 Å². The molecule has 28 heavy (non-hydrogen) atoms. The van der Waals surface area contributed by atoms with E-state index in [2.05, 4.69) is 33.8 Å². The Kier molecular flexibility index (Phi) is 4.81. The summed E-state index contributed by atoms with van der Waals surface area (Å²) in [6.45, 7) is 4.96. The van der Waals surface area contributed by atoms with Crippen molar-refractivity contribution in [1.82, 2.24) is 15.0 Å². The summed E-state index contributed by atoms with van der Waals surface area (Å²) in [7, 11) is 0. The van der Waals surface area contributed by atoms with Crippen LogP contribution in [0.3, 0.4) is 0 Å². The van der Waals surface area contributed by atoms with Gasteiger partial charge in [0, 0.05) is 28.9 Å². The maximum atomic E-state index is 13.0. The number of hydrogen-bond acceptors (Lipinski definition) is 3. The lowest BCUT2D eigenvalue weighted by molar-refractivity contribution is -0.137. The molecular weight excluding hydrogens is 389 g/mol. The molecule has 2 aliphatic rings. The lowest BCUT2D eigenvalue weighted by Crippen LogP contribution is -2.49. The van der Waals surface area contributed by atoms with Gasteiger partial charge in [-0.15, -0.1) is 0 Å². The Morgan fingerprint density at radius 3 is 2.61 bits per heavy atom. The van der Waals surface area contributed by atoms with E-state index >= 15 is 0 Å². The van der Waals surface area contributed by atoms with Crippen molar-refractivity contribution in [2.45, 2.75) is 45.3 Å². The second kappa shape index (κ2) is 7.03. The summed E-state index contributed by atoms with van der Waals surface area (Å²) in [5, 5.41) is 4.42. The molecule has 1 fully saturated rings. The number of aromatic nitrogens is 2. The zero-order chi connectivity index (χ0) is 20.1. The van der Waals surface area contributed by atoms with Gasteiger partial charge >= 0.3 is 6.18 Å². The largest absolute Gasteiger partial charge is 0.416 e. The van der Waals surface area contributed by atoms with Crippen molar-refractivity contribution in [2.75, 3.05) is 11.6 Å². The van der Waals surface area contributed by atoms with Crippen molar-refractivity contribution in [2.24, 2.45) is 5.92 Å². The molecule has 0 spiro atoms. The van der Waals surface area contributed by atoms with Crippen LogP contribution in [0.15, 0.2) is 30.7 Å². The fourth-order valence-corrected chi connectivity index (χ4v) is 4.24. The van der Waals surface area contributed by atoms with Crippen LogP contribution in [-0.2, 0) is 6.18 Å². The molecule has 150 valence electrons. The summed E-state index contributed by atoms with van der Waals surface area (Å²) in [5.41, 5.74) is 1.22. The minimum atomic E-state index is -4.43. The van der Waals surface area contributed by atoms with Gasteiger partial charge < -0.3 is 4.98 Å². The molecule has 1 aliphatic carbocycles. The number of imidazole rings is 1. The fourth-order valence-electron chi connectivity index (χ4n) is 3.95. The maximum Gasteiger partial charge on any atom is 0.416 e. The maximum absolute atomic E-state index is 13.0. The SMILES string of the molecule is CCC(C1CC1)N1c2[nH]cnc2C(c2ccc(C(F)(F)F)cc2Cl)=CN1CC. The fraction of sp³-hybridized carbons (Fsp3) is 0.450. The number of nitrogens with one attached hydrogen (secondary N) is 1. The number of halogens is 4. The number of anilines is 1. The second-order valence-electron chi connectivity index (χ2n) is 7.25. The topological polar surface area (TPSA) is 35.2 Å². The van der Waals surface area contributed by atoms with Gasteiger partial charge in [-0.05, 0) is 44.2 Å². The van der Waals surface area contributed by atoms with Crippen LogP contribution in [0.1, 0.15) is 49.9 Å². The van der Waals surface area contributed by atoms with Crippen molar-refractivity contribution in [1.29, 1.82) is 0 Å². The first-order valence-corrected chi connectivity index (χ1v) is 9.91. The molecule has 0 amide bonds. The number of fused-ring (bicyclic) bond motifs is 1. The molecule has 1 atom stereocenters. The number of hydrogen-bond donors (Lipinski definition) is 1. The molecule has 1 unspecified atom stereocenters. The van der Waals surface area contributed by atoms with E-state index in [0.29, 0.717) is 23.2 Å². The average Bonchev–Trinajstić information content (AvgIpc) is 3.37. The molecule has 2 aromatic rings. The van der Waals surface area contributed by atoms with E-state index in [9.17, 15) is 13.2 Å². The molecule has 0 saturated heterocycles. The molecule has 1 aliphatic heterocycles. The first kappa shape index (κ1) is 19.2. The molecule has 1 aromatic carbocycles. The first-order valence-electron chi connectivity index (χ1n) is 9.53. The molecule has 4 nitrogen and oxygen atoms in total. The van der Waals surface area contributed by atoms with Gasteiger partial charge in [-0.25, -0.2) is 4.98 Å². The van der Waals surface area contributed by atoms with Gasteiger partial charge in [0.2, 0.25) is 0 Å². The van der Waals surface area contributed by atoms with Crippen LogP contribution in [0, 0.1) is 5.92 Å². The van der Waals surface area contributed by atoms with Gasteiger partial charge in [0.25, 0.3) is 0 Å². The Labute approximate surface area is 167 Å². The average molecular weight is 411 g/mol. The lowest BCUT2D eigenvalue weighted by atomic mass is 9.99. The quantitative estimate of drug-likeness (QED) is 0.685. The van der Waals surface area contributed by atoms with Gasteiger partial charge in [0.05, 0.1) is 17.9 Å². The Bertz CT molecular complexity index is 901. The van der Waals surface area contributed by atoms with Gasteiger partial charge in [-0.1, -0.05) is 24.6 Å². The molecule has 1 N–H and O–H groups in total. The van der Waals surface area contributed by atoms with Crippen LogP contribution in [0.2, 0.25) is 5.02 Å². The summed E-state index contributed by atoms with van der Waals surface area (Å²) in [4.78, 5) is 7.70. The third kappa shape index (κ3) is 3.26. The normalized spacial score (nSPS) is 18.1. The van der Waals surface area contributed by atoms with Crippen LogP contribution >= 0.6 is 11.6 Å². The van der Waals surface area contributed by atoms with Gasteiger partial charge in [0.15, 0.2) is 5.82 Å². The Morgan fingerprint density at radius 1 is 1.29 bits per heavy atom. The number of H-pyrrole nitrogens is 1. The smallest absolute Gasteiger partial charge is 0.330 e. The predicted octanol–water partition coefficient (Wildman–Crippen LogP) is 5.72. The van der Waals surface area contributed by atoms with E-state index in [1.165, 1.54) is 18.9 Å². The Morgan fingerprint density at radius 2 is 2.04 bits per heavy atom. The minimum Gasteiger partial charge on any atom is -0.330 e. The highest BCUT2D eigenvalue weighted by molar-refractivity contribution is 6.32. The highest BCUT2D eigenvalue weighted by atomic mass is 35.5. The standard InChI is InChI=1S/C20H22ClF3N4/c1-3-17(12-5-6-12)28-19-18(25-11-26-19)15(10-27(28)4-2)14-8-7-13(9-16(14)21)20(22,23)24/h7-12,17H,3-6H2,1-2H3,(H,25,26). The number of benzene rings is 1. The molecule has 0 bridgehead atoms. The summed E-state index contributed by atoms with van der Waals surface area (Å²) in [6, 6.07) is 3.83. The number of aromatic amines is 1. The van der Waals surface area contributed by atoms with Gasteiger partial charge in [-0.2, -0.15) is 13.2 Å². The first-order chi connectivity index (χ1) is 13.3. The van der Waals surface area contributed by atoms with E-state index in [1.807, 2.05) is 6.20 Å². The predicted molar refractivity (Wildman–Crippen MR) is 104 cm³/mol. The van der Waals surface area contributed by atoms with Crippen LogP contribution < -0.4 is 5.01 Å². The third-order valence-electron chi connectivity index (χ3n) is 5.47. The van der Waals surface area contributed by atoms with E-state index in [1.54, 1.807) is 6.33 Å². The van der Waals surface area contributed by atoms with Crippen LogP contribution in [0.4, 0.5) is 19.0 Å². The number of rotatable bonds is 5. The molecule has 4 rings (SSSR count). The summed E-state index contributed by atoms with van der Waals surface area (Å²) < 4.78 is 39.0. The van der Waals surface area contributed by atoms with Crippen LogP contribution in [0.5, 0.6) is 0 Å². The number of nitrogens with zero attached hydrogens (tertiary/aromatic N) is 3. The molecule has 1 aromatic heterocycles. The van der Waals surface area contributed by atoms with E-state index < -0.39 is 11.7 Å². The molecule has 1 saturated carbocycles. The van der Waals surface area contributed by atoms with Crippen molar-refractivity contribution in [3.63, 3.8) is 0 Å². The number of alkyl halides is 3. The van der Waals surface area contributed by atoms with Gasteiger partial charge in [-0.3, -0.25) is 10.0 Å². The van der Waals surface area contributed by atoms with Crippen LogP contribution in [-0.4, -0.2) is 27.6 Å². The zero-order valence-corrected chi connectivity index (χ0v) is 16.5. The van der Waals surface area contributed by atoms with E-state index in [0.717, 1.165) is 36.5 Å². The summed E-state index contributed by atoms with van der Waals surface area (Å²) >= 11 is 6.27. The minimum absolute atomic E-state index is 0.0637. The van der Waals surface area contributed by atoms with Crippen molar-refractivity contribution >= 4 is 23.0 Å². The zero-order valence-electron chi connectivity index (χ0n) is 15.7. The van der Waals surface area contributed by atoms with Gasteiger partial charge in [0.1, 0.15) is 5.69 Å².